The molecule has 0 aliphatic heterocycles. The normalized spacial score (nSPS) is 12.2. The molecule has 0 fully saturated rings. The van der Waals surface area contributed by atoms with E-state index in [0.29, 0.717) is 0 Å². The predicted molar refractivity (Wildman–Crippen MR) is 87.4 cm³/mol. The molecule has 2 rings (SSSR count). The average molecular weight is 372 g/mol. The molecule has 0 aliphatic rings. The van der Waals surface area contributed by atoms with Crippen LogP contribution in [-0.4, -0.2) is 0 Å². The fraction of sp³-hybridized carbons (Fsp3) is 0.200. The first-order valence-corrected chi connectivity index (χ1v) is 7.30. The molecule has 2 aromatic carbocycles. The lowest BCUT2D eigenvalue weighted by Crippen LogP contribution is -2.09. The van der Waals surface area contributed by atoms with E-state index >= 15 is 0 Å². The monoisotopic (exact) mass is 371 g/mol. The number of nitrogens with one attached hydrogen (secondary N) is 1. The van der Waals surface area contributed by atoms with Crippen LogP contribution in [-0.2, 0) is 0 Å². The Bertz CT molecular complexity index is 554. The summed E-state index contributed by atoms with van der Waals surface area (Å²) in [6.07, 6.45) is 0. The van der Waals surface area contributed by atoms with Crippen LogP contribution in [0.5, 0.6) is 0 Å². The summed E-state index contributed by atoms with van der Waals surface area (Å²) in [4.78, 5) is 0. The first-order chi connectivity index (χ1) is 8.58. The van der Waals surface area contributed by atoms with Gasteiger partial charge >= 0.3 is 0 Å². The van der Waals surface area contributed by atoms with E-state index < -0.39 is 0 Å². The van der Waals surface area contributed by atoms with Gasteiger partial charge in [0, 0.05) is 20.3 Å². The summed E-state index contributed by atoms with van der Waals surface area (Å²) in [5, 5.41) is 4.30. The molecule has 0 amide bonds. The Morgan fingerprint density at radius 2 is 1.89 bits per heavy atom. The molecule has 1 unspecified atom stereocenters. The Hall–Kier alpha value is -0.740. The molecule has 0 aliphatic carbocycles. The van der Waals surface area contributed by atoms with E-state index in [-0.39, 0.29) is 6.04 Å². The zero-order chi connectivity index (χ0) is 13.1. The summed E-state index contributed by atoms with van der Waals surface area (Å²) < 4.78 is 1.14. The van der Waals surface area contributed by atoms with Crippen LogP contribution in [0.4, 0.5) is 5.69 Å². The van der Waals surface area contributed by atoms with Crippen LogP contribution < -0.4 is 5.32 Å². The molecule has 0 radical (unpaired) electrons. The largest absolute Gasteiger partial charge is 0.378 e. The molecule has 18 heavy (non-hydrogen) atoms. The first kappa shape index (κ1) is 13.7. The zero-order valence-electron chi connectivity index (χ0n) is 10.4. The maximum atomic E-state index is 5.96. The van der Waals surface area contributed by atoms with Crippen molar-refractivity contribution in [2.45, 2.75) is 19.9 Å². The summed E-state index contributed by atoms with van der Waals surface area (Å²) in [6, 6.07) is 14.6. The quantitative estimate of drug-likeness (QED) is 0.710. The SMILES string of the molecule is Cc1ccccc1C(C)Nc1ccc(Cl)cc1I. The van der Waals surface area contributed by atoms with Gasteiger partial charge in [0.25, 0.3) is 0 Å². The van der Waals surface area contributed by atoms with Crippen LogP contribution in [0.15, 0.2) is 42.5 Å². The van der Waals surface area contributed by atoms with Crippen molar-refractivity contribution in [3.8, 4) is 0 Å². The molecule has 1 atom stereocenters. The molecule has 0 spiro atoms. The summed E-state index contributed by atoms with van der Waals surface area (Å²) >= 11 is 8.26. The van der Waals surface area contributed by atoms with Crippen molar-refractivity contribution in [2.75, 3.05) is 5.32 Å². The molecule has 0 saturated heterocycles. The number of halogens is 2. The smallest absolute Gasteiger partial charge is 0.0488 e. The van der Waals surface area contributed by atoms with Crippen LogP contribution in [0.25, 0.3) is 0 Å². The standard InChI is InChI=1S/C15H15ClIN/c1-10-5-3-4-6-13(10)11(2)18-15-8-7-12(16)9-14(15)17/h3-9,11,18H,1-2H3. The van der Waals surface area contributed by atoms with Crippen molar-refractivity contribution in [1.29, 1.82) is 0 Å². The van der Waals surface area contributed by atoms with Crippen molar-refractivity contribution < 1.29 is 0 Å². The molecular formula is C15H15ClIN. The van der Waals surface area contributed by atoms with Crippen LogP contribution in [0, 0.1) is 10.5 Å². The number of benzene rings is 2. The van der Waals surface area contributed by atoms with Gasteiger partial charge in [-0.15, -0.1) is 0 Å². The van der Waals surface area contributed by atoms with E-state index in [1.807, 2.05) is 18.2 Å². The third-order valence-corrected chi connectivity index (χ3v) is 4.09. The van der Waals surface area contributed by atoms with Crippen molar-refractivity contribution in [3.63, 3.8) is 0 Å². The van der Waals surface area contributed by atoms with E-state index in [4.69, 9.17) is 11.6 Å². The molecule has 1 N–H and O–H groups in total. The minimum Gasteiger partial charge on any atom is -0.378 e. The fourth-order valence-electron chi connectivity index (χ4n) is 1.99. The number of anilines is 1. The van der Waals surface area contributed by atoms with Crippen LogP contribution in [0.1, 0.15) is 24.1 Å². The van der Waals surface area contributed by atoms with Crippen molar-refractivity contribution in [1.82, 2.24) is 0 Å². The summed E-state index contributed by atoms with van der Waals surface area (Å²) in [5.74, 6) is 0. The Kier molecular flexibility index (Phi) is 4.51. The molecule has 0 bridgehead atoms. The number of hydrogen-bond donors (Lipinski definition) is 1. The lowest BCUT2D eigenvalue weighted by Gasteiger charge is -2.18. The third kappa shape index (κ3) is 3.18. The second kappa shape index (κ2) is 5.93. The van der Waals surface area contributed by atoms with E-state index in [2.05, 4.69) is 66.0 Å². The molecular weight excluding hydrogens is 357 g/mol. The summed E-state index contributed by atoms with van der Waals surface area (Å²) in [5.41, 5.74) is 3.75. The van der Waals surface area contributed by atoms with Gasteiger partial charge in [0.15, 0.2) is 0 Å². The summed E-state index contributed by atoms with van der Waals surface area (Å²) in [7, 11) is 0. The van der Waals surface area contributed by atoms with Gasteiger partial charge in [-0.2, -0.15) is 0 Å². The Morgan fingerprint density at radius 3 is 2.56 bits per heavy atom. The molecule has 1 nitrogen and oxygen atoms in total. The molecule has 0 saturated carbocycles. The van der Waals surface area contributed by atoms with Gasteiger partial charge in [-0.1, -0.05) is 35.9 Å². The van der Waals surface area contributed by atoms with Crippen molar-refractivity contribution in [3.05, 3.63) is 62.2 Å². The highest BCUT2D eigenvalue weighted by Gasteiger charge is 2.09. The number of rotatable bonds is 3. The zero-order valence-corrected chi connectivity index (χ0v) is 13.3. The highest BCUT2D eigenvalue weighted by atomic mass is 127. The summed E-state index contributed by atoms with van der Waals surface area (Å²) in [6.45, 7) is 4.31. The van der Waals surface area contributed by atoms with E-state index in [0.717, 1.165) is 14.3 Å². The molecule has 2 aromatic rings. The Labute approximate surface area is 127 Å². The van der Waals surface area contributed by atoms with Crippen LogP contribution in [0.2, 0.25) is 5.02 Å². The van der Waals surface area contributed by atoms with Gasteiger partial charge in [-0.05, 0) is 65.8 Å². The van der Waals surface area contributed by atoms with Gasteiger partial charge in [0.1, 0.15) is 0 Å². The maximum Gasteiger partial charge on any atom is 0.0488 e. The van der Waals surface area contributed by atoms with Gasteiger partial charge < -0.3 is 5.32 Å². The lowest BCUT2D eigenvalue weighted by atomic mass is 10.0. The Morgan fingerprint density at radius 1 is 1.17 bits per heavy atom. The van der Waals surface area contributed by atoms with Gasteiger partial charge in [-0.3, -0.25) is 0 Å². The van der Waals surface area contributed by atoms with Crippen molar-refractivity contribution >= 4 is 39.9 Å². The van der Waals surface area contributed by atoms with Gasteiger partial charge in [0.05, 0.1) is 0 Å². The van der Waals surface area contributed by atoms with E-state index in [9.17, 15) is 0 Å². The highest BCUT2D eigenvalue weighted by Crippen LogP contribution is 2.27. The number of aryl methyl sites for hydroxylation is 1. The predicted octanol–water partition coefficient (Wildman–Crippen LogP) is 5.43. The van der Waals surface area contributed by atoms with Gasteiger partial charge in [0.2, 0.25) is 0 Å². The second-order valence-corrected chi connectivity index (χ2v) is 5.95. The topological polar surface area (TPSA) is 12.0 Å². The Balaban J connectivity index is 2.21. The first-order valence-electron chi connectivity index (χ1n) is 5.85. The third-order valence-electron chi connectivity index (χ3n) is 2.96. The minimum absolute atomic E-state index is 0.279. The second-order valence-electron chi connectivity index (χ2n) is 4.35. The van der Waals surface area contributed by atoms with Gasteiger partial charge in [-0.25, -0.2) is 0 Å². The highest BCUT2D eigenvalue weighted by molar-refractivity contribution is 14.1. The lowest BCUT2D eigenvalue weighted by molar-refractivity contribution is 0.873. The average Bonchev–Trinajstić information content (AvgIpc) is 2.33. The van der Waals surface area contributed by atoms with Crippen LogP contribution in [0.3, 0.4) is 0 Å². The molecule has 0 heterocycles. The molecule has 94 valence electrons. The van der Waals surface area contributed by atoms with E-state index in [1.54, 1.807) is 0 Å². The van der Waals surface area contributed by atoms with Crippen LogP contribution >= 0.6 is 34.2 Å². The number of hydrogen-bond acceptors (Lipinski definition) is 1. The minimum atomic E-state index is 0.279. The maximum absolute atomic E-state index is 5.96. The fourth-order valence-corrected chi connectivity index (χ4v) is 3.02. The molecule has 0 aromatic heterocycles. The van der Waals surface area contributed by atoms with E-state index in [1.165, 1.54) is 11.1 Å². The molecule has 3 heteroatoms. The van der Waals surface area contributed by atoms with Crippen molar-refractivity contribution in [2.24, 2.45) is 0 Å².